The Morgan fingerprint density at radius 2 is 1.92 bits per heavy atom. The zero-order valence-electron chi connectivity index (χ0n) is 21.4. The molecule has 0 bridgehead atoms. The van der Waals surface area contributed by atoms with Crippen molar-refractivity contribution in [1.29, 1.82) is 0 Å². The maximum Gasteiger partial charge on any atom is 0.277 e. The number of hydrogen-bond donors (Lipinski definition) is 1. The molecule has 10 heteroatoms. The first-order chi connectivity index (χ1) is 17.2. The number of fused-ring (bicyclic) bond motifs is 1. The molecular formula is C26H34N4O6. The highest BCUT2D eigenvalue weighted by Crippen LogP contribution is 2.33. The smallest absolute Gasteiger partial charge is 0.277 e. The minimum atomic E-state index is -0.446. The van der Waals surface area contributed by atoms with E-state index in [1.807, 2.05) is 18.7 Å². The molecular weight excluding hydrogens is 464 g/mol. The number of rotatable bonds is 4. The van der Waals surface area contributed by atoms with Crippen LogP contribution in [0.1, 0.15) is 53.3 Å². The number of amides is 3. The number of nitrogens with zero attached hydrogens (tertiary/aromatic N) is 3. The molecule has 1 aliphatic carbocycles. The lowest BCUT2D eigenvalue weighted by molar-refractivity contribution is -0.136. The van der Waals surface area contributed by atoms with Gasteiger partial charge < -0.3 is 29.1 Å². The van der Waals surface area contributed by atoms with Crippen molar-refractivity contribution in [2.45, 2.75) is 45.8 Å². The minimum Gasteiger partial charge on any atom is -0.491 e. The number of likely N-dealkylation sites (N-methyl/N-ethyl adjacent to an activating group) is 1. The summed E-state index contributed by atoms with van der Waals surface area (Å²) >= 11 is 0. The van der Waals surface area contributed by atoms with Gasteiger partial charge in [0.05, 0.1) is 17.7 Å². The molecule has 194 valence electrons. The zero-order chi connectivity index (χ0) is 26.0. The highest BCUT2D eigenvalue weighted by molar-refractivity contribution is 6.04. The average molecular weight is 499 g/mol. The number of methoxy groups -OCH3 is 1. The molecule has 10 nitrogen and oxygen atoms in total. The van der Waals surface area contributed by atoms with Crippen molar-refractivity contribution < 1.29 is 28.4 Å². The molecule has 2 aromatic rings. The van der Waals surface area contributed by atoms with Crippen LogP contribution in [0.25, 0.3) is 0 Å². The molecule has 1 saturated carbocycles. The molecule has 0 saturated heterocycles. The number of hydrogen-bond acceptors (Lipinski definition) is 7. The standard InChI is InChI=1S/C26H34N4O6/c1-15-12-30(25(32)18-6-7-18)16(2)14-35-22-9-8-19(27-24(31)21-10-17(3)36-28-21)11-20(22)26(33)29(4)13-23(15)34-5/h8-11,15-16,18,23H,6-7,12-14H2,1-5H3,(H,27,31)/t15-,16-,23-/m0/s1. The first-order valence-electron chi connectivity index (χ1n) is 12.3. The molecule has 1 N–H and O–H groups in total. The van der Waals surface area contributed by atoms with E-state index in [9.17, 15) is 14.4 Å². The molecule has 0 radical (unpaired) electrons. The number of nitrogens with one attached hydrogen (secondary N) is 1. The van der Waals surface area contributed by atoms with Crippen molar-refractivity contribution in [3.8, 4) is 5.75 Å². The number of carbonyl (C=O) groups is 3. The van der Waals surface area contributed by atoms with Crippen molar-refractivity contribution in [3.05, 3.63) is 41.3 Å². The maximum atomic E-state index is 13.5. The van der Waals surface area contributed by atoms with E-state index < -0.39 is 5.91 Å². The predicted octanol–water partition coefficient (Wildman–Crippen LogP) is 2.98. The number of aromatic nitrogens is 1. The van der Waals surface area contributed by atoms with Gasteiger partial charge in [-0.15, -0.1) is 0 Å². The van der Waals surface area contributed by atoms with Crippen molar-refractivity contribution >= 4 is 23.4 Å². The van der Waals surface area contributed by atoms with Gasteiger partial charge in [0.2, 0.25) is 5.91 Å². The number of benzene rings is 1. The summed E-state index contributed by atoms with van der Waals surface area (Å²) in [5.41, 5.74) is 0.875. The Labute approximate surface area is 210 Å². The third kappa shape index (κ3) is 5.70. The number of carbonyl (C=O) groups excluding carboxylic acids is 3. The third-order valence-electron chi connectivity index (χ3n) is 6.77. The Balaban J connectivity index is 1.63. The SMILES string of the molecule is CO[C@H]1CN(C)C(=O)c2cc(NC(=O)c3cc(C)on3)ccc2OC[C@H](C)N(C(=O)C2CC2)C[C@@H]1C. The average Bonchev–Trinajstić information content (AvgIpc) is 3.62. The first-order valence-corrected chi connectivity index (χ1v) is 12.3. The summed E-state index contributed by atoms with van der Waals surface area (Å²) < 4.78 is 16.8. The Kier molecular flexibility index (Phi) is 7.63. The zero-order valence-corrected chi connectivity index (χ0v) is 21.4. The lowest BCUT2D eigenvalue weighted by Gasteiger charge is -2.36. The fraction of sp³-hybridized carbons (Fsp3) is 0.538. The summed E-state index contributed by atoms with van der Waals surface area (Å²) in [5.74, 6) is 0.444. The van der Waals surface area contributed by atoms with Crippen LogP contribution in [0, 0.1) is 18.8 Å². The molecule has 3 amide bonds. The van der Waals surface area contributed by atoms with E-state index in [0.717, 1.165) is 12.8 Å². The summed E-state index contributed by atoms with van der Waals surface area (Å²) in [6.45, 7) is 6.79. The molecule has 1 aromatic carbocycles. The van der Waals surface area contributed by atoms with E-state index >= 15 is 0 Å². The van der Waals surface area contributed by atoms with E-state index in [0.29, 0.717) is 35.9 Å². The largest absolute Gasteiger partial charge is 0.491 e. The molecule has 2 aliphatic rings. The Morgan fingerprint density at radius 3 is 2.56 bits per heavy atom. The molecule has 4 rings (SSSR count). The van der Waals surface area contributed by atoms with Gasteiger partial charge in [0.1, 0.15) is 18.1 Å². The van der Waals surface area contributed by atoms with Gasteiger partial charge in [-0.25, -0.2) is 0 Å². The van der Waals surface area contributed by atoms with Gasteiger partial charge in [0.25, 0.3) is 11.8 Å². The van der Waals surface area contributed by atoms with Gasteiger partial charge in [-0.3, -0.25) is 14.4 Å². The van der Waals surface area contributed by atoms with Crippen molar-refractivity contribution in [3.63, 3.8) is 0 Å². The van der Waals surface area contributed by atoms with Gasteiger partial charge in [-0.2, -0.15) is 0 Å². The molecule has 1 aliphatic heterocycles. The van der Waals surface area contributed by atoms with Crippen molar-refractivity contribution in [2.75, 3.05) is 39.2 Å². The van der Waals surface area contributed by atoms with Crippen molar-refractivity contribution in [2.24, 2.45) is 11.8 Å². The van der Waals surface area contributed by atoms with Crippen LogP contribution in [-0.4, -0.2) is 78.7 Å². The molecule has 0 unspecified atom stereocenters. The van der Waals surface area contributed by atoms with Crippen molar-refractivity contribution in [1.82, 2.24) is 15.0 Å². The summed E-state index contributed by atoms with van der Waals surface area (Å²) in [7, 11) is 3.33. The first kappa shape index (κ1) is 25.7. The second-order valence-corrected chi connectivity index (χ2v) is 9.85. The van der Waals surface area contributed by atoms with Crippen LogP contribution in [-0.2, 0) is 9.53 Å². The Hall–Kier alpha value is -3.40. The highest BCUT2D eigenvalue weighted by Gasteiger charge is 2.37. The number of anilines is 1. The van der Waals surface area contributed by atoms with Gasteiger partial charge in [-0.1, -0.05) is 12.1 Å². The van der Waals surface area contributed by atoms with E-state index in [1.54, 1.807) is 44.2 Å². The van der Waals surface area contributed by atoms with E-state index in [2.05, 4.69) is 10.5 Å². The van der Waals surface area contributed by atoms with E-state index in [-0.39, 0.29) is 48.1 Å². The molecule has 1 fully saturated rings. The Morgan fingerprint density at radius 1 is 1.17 bits per heavy atom. The molecule has 1 aromatic heterocycles. The van der Waals surface area contributed by atoms with Crippen LogP contribution in [0.4, 0.5) is 5.69 Å². The van der Waals surface area contributed by atoms with Gasteiger partial charge >= 0.3 is 0 Å². The van der Waals surface area contributed by atoms with Crippen LogP contribution >= 0.6 is 0 Å². The van der Waals surface area contributed by atoms with E-state index in [4.69, 9.17) is 14.0 Å². The Bertz CT molecular complexity index is 1130. The second-order valence-electron chi connectivity index (χ2n) is 9.85. The normalized spacial score (nSPS) is 23.2. The van der Waals surface area contributed by atoms with Gasteiger partial charge in [0.15, 0.2) is 5.69 Å². The van der Waals surface area contributed by atoms with E-state index in [1.165, 1.54) is 6.07 Å². The second kappa shape index (κ2) is 10.7. The van der Waals surface area contributed by atoms with Crippen LogP contribution in [0.3, 0.4) is 0 Å². The summed E-state index contributed by atoms with van der Waals surface area (Å²) in [6.07, 6.45) is 1.59. The fourth-order valence-electron chi connectivity index (χ4n) is 4.39. The quantitative estimate of drug-likeness (QED) is 0.689. The lowest BCUT2D eigenvalue weighted by atomic mass is 10.0. The predicted molar refractivity (Wildman–Crippen MR) is 132 cm³/mol. The minimum absolute atomic E-state index is 0.00540. The van der Waals surface area contributed by atoms with Gasteiger partial charge in [-0.05, 0) is 44.9 Å². The monoisotopic (exact) mass is 498 g/mol. The summed E-state index contributed by atoms with van der Waals surface area (Å²) in [6, 6.07) is 6.27. The van der Waals surface area contributed by atoms with Crippen LogP contribution < -0.4 is 10.1 Å². The lowest BCUT2D eigenvalue weighted by Crippen LogP contribution is -2.49. The van der Waals surface area contributed by atoms with Crippen LogP contribution in [0.5, 0.6) is 5.75 Å². The van der Waals surface area contributed by atoms with Crippen LogP contribution in [0.15, 0.2) is 28.8 Å². The maximum absolute atomic E-state index is 13.5. The third-order valence-corrected chi connectivity index (χ3v) is 6.77. The molecule has 2 heterocycles. The highest BCUT2D eigenvalue weighted by atomic mass is 16.5. The number of ether oxygens (including phenoxy) is 2. The summed E-state index contributed by atoms with van der Waals surface area (Å²) in [5, 5.41) is 6.49. The fourth-order valence-corrected chi connectivity index (χ4v) is 4.39. The molecule has 36 heavy (non-hydrogen) atoms. The molecule has 3 atom stereocenters. The summed E-state index contributed by atoms with van der Waals surface area (Å²) in [4.78, 5) is 42.6. The topological polar surface area (TPSA) is 114 Å². The van der Waals surface area contributed by atoms with Gasteiger partial charge in [0, 0.05) is 50.8 Å². The van der Waals surface area contributed by atoms with Crippen LogP contribution in [0.2, 0.25) is 0 Å². The molecule has 0 spiro atoms. The number of aryl methyl sites for hydroxylation is 1.